The molecule has 0 aromatic rings. The van der Waals surface area contributed by atoms with E-state index in [2.05, 4.69) is 15.6 Å². The fraction of sp³-hybridized carbons (Fsp3) is 1.00. The summed E-state index contributed by atoms with van der Waals surface area (Å²) in [6.45, 7) is 2.91. The van der Waals surface area contributed by atoms with Crippen molar-refractivity contribution in [2.45, 2.75) is 30.5 Å². The second-order valence-electron chi connectivity index (χ2n) is 3.70. The van der Waals surface area contributed by atoms with Crippen LogP contribution in [0.3, 0.4) is 0 Å². The first kappa shape index (κ1) is 17.0. The molecule has 0 saturated carbocycles. The highest BCUT2D eigenvalue weighted by molar-refractivity contribution is 6.12. The minimum atomic E-state index is -1.26. The molecule has 0 fully saturated rings. The second kappa shape index (κ2) is 7.42. The molecule has 0 amide bonds. The van der Waals surface area contributed by atoms with E-state index < -0.39 is 11.6 Å². The van der Waals surface area contributed by atoms with E-state index in [0.29, 0.717) is 13.1 Å². The van der Waals surface area contributed by atoms with Crippen molar-refractivity contribution in [3.05, 3.63) is 0 Å². The maximum atomic E-state index is 6.27. The van der Waals surface area contributed by atoms with E-state index in [0.717, 1.165) is 6.42 Å². The third kappa shape index (κ3) is 3.25. The van der Waals surface area contributed by atoms with Gasteiger partial charge in [0.1, 0.15) is 0 Å². The predicted molar refractivity (Wildman–Crippen MR) is 67.5 cm³/mol. The van der Waals surface area contributed by atoms with Crippen molar-refractivity contribution in [3.63, 3.8) is 0 Å². The van der Waals surface area contributed by atoms with Crippen molar-refractivity contribution in [3.8, 4) is 0 Å². The smallest absolute Gasteiger partial charge is 0.271 e. The zero-order valence-electron chi connectivity index (χ0n) is 11.1. The maximum Gasteiger partial charge on any atom is 0.271 e. The second-order valence-corrected chi connectivity index (χ2v) is 4.40. The molecule has 0 aromatic carbocycles. The van der Waals surface area contributed by atoms with Crippen LogP contribution in [0.15, 0.2) is 0 Å². The van der Waals surface area contributed by atoms with Gasteiger partial charge in [-0.05, 0) is 5.54 Å². The lowest BCUT2D eigenvalue weighted by molar-refractivity contribution is -0.325. The standard InChI is InChI=1S/C10H24N3O3Si/c1-5-8(17)9(12,14-2)10(15-3,16-4)13-7-6-11/h8,13H,5-7,11-12H2,1-4H3. The van der Waals surface area contributed by atoms with Crippen LogP contribution < -0.4 is 16.8 Å². The van der Waals surface area contributed by atoms with Crippen LogP contribution in [0.25, 0.3) is 0 Å². The summed E-state index contributed by atoms with van der Waals surface area (Å²) >= 11 is 0. The normalized spacial score (nSPS) is 17.8. The Morgan fingerprint density at radius 2 is 1.76 bits per heavy atom. The molecule has 0 spiro atoms. The van der Waals surface area contributed by atoms with Crippen molar-refractivity contribution in [1.82, 2.24) is 5.32 Å². The van der Waals surface area contributed by atoms with E-state index >= 15 is 0 Å². The quantitative estimate of drug-likeness (QED) is 0.370. The average Bonchev–Trinajstić information content (AvgIpc) is 2.38. The number of hydrogen-bond donors (Lipinski definition) is 3. The number of rotatable bonds is 9. The lowest BCUT2D eigenvalue weighted by Crippen LogP contribution is -2.73. The molecular weight excluding hydrogens is 238 g/mol. The molecule has 7 heteroatoms. The molecule has 0 aliphatic carbocycles. The highest BCUT2D eigenvalue weighted by Crippen LogP contribution is 2.34. The molecular formula is C10H24N3O3Si. The summed E-state index contributed by atoms with van der Waals surface area (Å²) < 4.78 is 16.2. The van der Waals surface area contributed by atoms with Gasteiger partial charge < -0.3 is 19.9 Å². The maximum absolute atomic E-state index is 6.27. The molecule has 2 unspecified atom stereocenters. The van der Waals surface area contributed by atoms with E-state index in [1.54, 1.807) is 0 Å². The molecule has 6 nitrogen and oxygen atoms in total. The van der Waals surface area contributed by atoms with Crippen LogP contribution in [-0.4, -0.2) is 56.3 Å². The molecule has 2 atom stereocenters. The molecule has 17 heavy (non-hydrogen) atoms. The van der Waals surface area contributed by atoms with Crippen LogP contribution in [0, 0.1) is 0 Å². The minimum Gasteiger partial charge on any atom is -0.357 e. The Morgan fingerprint density at radius 1 is 1.24 bits per heavy atom. The van der Waals surface area contributed by atoms with Gasteiger partial charge in [0.25, 0.3) is 5.91 Å². The molecule has 0 aromatic heterocycles. The van der Waals surface area contributed by atoms with E-state index in [-0.39, 0.29) is 5.54 Å². The van der Waals surface area contributed by atoms with Crippen molar-refractivity contribution < 1.29 is 14.2 Å². The highest BCUT2D eigenvalue weighted by Gasteiger charge is 2.54. The molecule has 0 aliphatic heterocycles. The monoisotopic (exact) mass is 262 g/mol. The molecule has 0 aliphatic rings. The molecule has 0 heterocycles. The van der Waals surface area contributed by atoms with Gasteiger partial charge in [0, 0.05) is 44.7 Å². The summed E-state index contributed by atoms with van der Waals surface area (Å²) in [5, 5.41) is 3.04. The lowest BCUT2D eigenvalue weighted by atomic mass is 10.0. The van der Waals surface area contributed by atoms with Crippen LogP contribution in [0.1, 0.15) is 13.3 Å². The predicted octanol–water partition coefficient (Wildman–Crippen LogP) is -0.850. The Hall–Kier alpha value is -0.0231. The number of nitrogens with two attached hydrogens (primary N) is 2. The first-order chi connectivity index (χ1) is 7.97. The molecule has 5 N–H and O–H groups in total. The lowest BCUT2D eigenvalue weighted by Gasteiger charge is -2.47. The minimum absolute atomic E-state index is 0.155. The fourth-order valence-electron chi connectivity index (χ4n) is 1.73. The zero-order valence-corrected chi connectivity index (χ0v) is 12.1. The summed E-state index contributed by atoms with van der Waals surface area (Å²) in [6, 6.07) is 0. The van der Waals surface area contributed by atoms with Gasteiger partial charge in [-0.3, -0.25) is 11.1 Å². The van der Waals surface area contributed by atoms with E-state index in [9.17, 15) is 0 Å². The van der Waals surface area contributed by atoms with Gasteiger partial charge in [-0.1, -0.05) is 13.3 Å². The van der Waals surface area contributed by atoms with Gasteiger partial charge in [-0.25, -0.2) is 0 Å². The van der Waals surface area contributed by atoms with Crippen molar-refractivity contribution >= 4 is 10.2 Å². The van der Waals surface area contributed by atoms with Crippen LogP contribution in [0.5, 0.6) is 0 Å². The van der Waals surface area contributed by atoms with Crippen LogP contribution in [0.4, 0.5) is 0 Å². The third-order valence-corrected chi connectivity index (χ3v) is 3.69. The Balaban J connectivity index is 5.21. The first-order valence-corrected chi connectivity index (χ1v) is 6.16. The van der Waals surface area contributed by atoms with E-state index in [1.165, 1.54) is 21.3 Å². The van der Waals surface area contributed by atoms with Gasteiger partial charge in [0.2, 0.25) is 0 Å². The summed E-state index contributed by atoms with van der Waals surface area (Å²) in [5.74, 6) is -1.26. The number of nitrogens with one attached hydrogen (secondary N) is 1. The van der Waals surface area contributed by atoms with Crippen LogP contribution in [0.2, 0.25) is 5.54 Å². The molecule has 101 valence electrons. The first-order valence-electron chi connectivity index (χ1n) is 5.58. The van der Waals surface area contributed by atoms with Gasteiger partial charge in [0.15, 0.2) is 5.72 Å². The largest absolute Gasteiger partial charge is 0.357 e. The number of hydrogen-bond acceptors (Lipinski definition) is 6. The number of methoxy groups -OCH3 is 3. The van der Waals surface area contributed by atoms with Crippen molar-refractivity contribution in [2.75, 3.05) is 34.4 Å². The van der Waals surface area contributed by atoms with Gasteiger partial charge in [0.05, 0.1) is 0 Å². The van der Waals surface area contributed by atoms with Crippen molar-refractivity contribution in [1.29, 1.82) is 0 Å². The van der Waals surface area contributed by atoms with Gasteiger partial charge >= 0.3 is 0 Å². The average molecular weight is 262 g/mol. The Labute approximate surface area is 107 Å². The summed E-state index contributed by atoms with van der Waals surface area (Å²) in [6.07, 6.45) is 0.750. The van der Waals surface area contributed by atoms with Crippen LogP contribution >= 0.6 is 0 Å². The molecule has 3 radical (unpaired) electrons. The van der Waals surface area contributed by atoms with E-state index in [4.69, 9.17) is 25.7 Å². The third-order valence-electron chi connectivity index (χ3n) is 2.86. The summed E-state index contributed by atoms with van der Waals surface area (Å²) in [7, 11) is 8.06. The van der Waals surface area contributed by atoms with E-state index in [1.807, 2.05) is 6.92 Å². The van der Waals surface area contributed by atoms with Crippen LogP contribution in [-0.2, 0) is 14.2 Å². The van der Waals surface area contributed by atoms with Gasteiger partial charge in [-0.2, -0.15) is 0 Å². The van der Waals surface area contributed by atoms with Gasteiger partial charge in [-0.15, -0.1) is 0 Å². The Kier molecular flexibility index (Phi) is 7.41. The number of ether oxygens (including phenoxy) is 3. The molecule has 0 saturated heterocycles. The Bertz CT molecular complexity index is 217. The summed E-state index contributed by atoms with van der Waals surface area (Å²) in [5.41, 5.74) is 10.4. The topological polar surface area (TPSA) is 91.8 Å². The summed E-state index contributed by atoms with van der Waals surface area (Å²) in [4.78, 5) is 0. The molecule has 0 bridgehead atoms. The van der Waals surface area contributed by atoms with Crippen molar-refractivity contribution in [2.24, 2.45) is 11.5 Å². The highest BCUT2D eigenvalue weighted by atomic mass is 28.1. The SMILES string of the molecule is CCC([Si])C(N)(OC)C(NCCN)(OC)OC. The zero-order chi connectivity index (χ0) is 13.5. The molecule has 0 rings (SSSR count). The Morgan fingerprint density at radius 3 is 2.06 bits per heavy atom. The fourth-order valence-corrected chi connectivity index (χ4v) is 2.04.